The van der Waals surface area contributed by atoms with Gasteiger partial charge in [-0.2, -0.15) is 0 Å². The monoisotopic (exact) mass is 467 g/mol. The molecule has 0 spiro atoms. The molecule has 4 N–H and O–H groups in total. The number of para-hydroxylation sites is 2. The first kappa shape index (κ1) is 23.4. The molecule has 8 nitrogen and oxygen atoms in total. The zero-order chi connectivity index (χ0) is 24.8. The lowest BCUT2D eigenvalue weighted by molar-refractivity contribution is -0.116. The Morgan fingerprint density at radius 3 is 2.51 bits per heavy atom. The van der Waals surface area contributed by atoms with Crippen LogP contribution in [0.3, 0.4) is 0 Å². The van der Waals surface area contributed by atoms with E-state index in [4.69, 9.17) is 15.9 Å². The maximum absolute atomic E-state index is 12.3. The average molecular weight is 468 g/mol. The summed E-state index contributed by atoms with van der Waals surface area (Å²) in [5.41, 5.74) is 10.9. The first-order chi connectivity index (χ1) is 16.9. The summed E-state index contributed by atoms with van der Waals surface area (Å²) in [6.45, 7) is 0.763. The van der Waals surface area contributed by atoms with E-state index in [-0.39, 0.29) is 18.2 Å². The van der Waals surface area contributed by atoms with Crippen molar-refractivity contribution in [3.8, 4) is 0 Å². The third kappa shape index (κ3) is 5.62. The van der Waals surface area contributed by atoms with E-state index < -0.39 is 5.97 Å². The Kier molecular flexibility index (Phi) is 7.02. The molecular formula is C27H25N5O3. The Morgan fingerprint density at radius 1 is 1.00 bits per heavy atom. The fourth-order valence-electron chi connectivity index (χ4n) is 3.71. The summed E-state index contributed by atoms with van der Waals surface area (Å²) in [5, 5.41) is 11.1. The number of hydrogen-bond acceptors (Lipinski definition) is 6. The van der Waals surface area contributed by atoms with Crippen LogP contribution in [-0.4, -0.2) is 34.2 Å². The number of carbonyl (C=O) groups is 2. The number of nitrogens with one attached hydrogen (secondary N) is 2. The van der Waals surface area contributed by atoms with Crippen molar-refractivity contribution < 1.29 is 14.3 Å². The van der Waals surface area contributed by atoms with E-state index in [1.54, 1.807) is 24.3 Å². The summed E-state index contributed by atoms with van der Waals surface area (Å²) in [6, 6.07) is 22.2. The summed E-state index contributed by atoms with van der Waals surface area (Å²) in [4.78, 5) is 28.3. The van der Waals surface area contributed by atoms with Gasteiger partial charge in [0.05, 0.1) is 36.0 Å². The van der Waals surface area contributed by atoms with Crippen LogP contribution in [0.4, 0.5) is 5.95 Å². The van der Waals surface area contributed by atoms with E-state index >= 15 is 0 Å². The fraction of sp³-hybridized carbons (Fsp3) is 0.111. The number of ether oxygens (including phenoxy) is 1. The number of amides is 1. The van der Waals surface area contributed by atoms with Crippen LogP contribution in [0.25, 0.3) is 11.0 Å². The Hall–Kier alpha value is -4.72. The van der Waals surface area contributed by atoms with Crippen molar-refractivity contribution >= 4 is 34.6 Å². The van der Waals surface area contributed by atoms with Gasteiger partial charge < -0.3 is 25.8 Å². The van der Waals surface area contributed by atoms with Crippen LogP contribution >= 0.6 is 0 Å². The maximum atomic E-state index is 12.3. The van der Waals surface area contributed by atoms with Crippen LogP contribution in [0, 0.1) is 5.41 Å². The molecule has 8 heteroatoms. The quantitative estimate of drug-likeness (QED) is 0.207. The highest BCUT2D eigenvalue weighted by molar-refractivity contribution is 6.09. The number of nitrogens with two attached hydrogens (primary N) is 1. The largest absolute Gasteiger partial charge is 0.465 e. The normalized spacial score (nSPS) is 11.0. The smallest absolute Gasteiger partial charge is 0.337 e. The molecule has 1 heterocycles. The van der Waals surface area contributed by atoms with Crippen molar-refractivity contribution in [2.75, 3.05) is 12.8 Å². The first-order valence-corrected chi connectivity index (χ1v) is 11.0. The number of aromatic nitrogens is 2. The average Bonchev–Trinajstić information content (AvgIpc) is 3.20. The Balaban J connectivity index is 1.39. The molecule has 4 aromatic rings. The minimum atomic E-state index is -0.433. The summed E-state index contributed by atoms with van der Waals surface area (Å²) < 4.78 is 6.64. The molecule has 0 saturated heterocycles. The van der Waals surface area contributed by atoms with Gasteiger partial charge in [0.2, 0.25) is 11.9 Å². The second-order valence-corrected chi connectivity index (χ2v) is 7.90. The number of hydrogen-bond donors (Lipinski definition) is 3. The molecule has 0 aliphatic carbocycles. The number of methoxy groups -OCH3 is 1. The third-order valence-electron chi connectivity index (χ3n) is 5.48. The molecule has 0 atom stereocenters. The lowest BCUT2D eigenvalue weighted by Gasteiger charge is -2.08. The van der Waals surface area contributed by atoms with Crippen molar-refractivity contribution in [2.24, 2.45) is 0 Å². The van der Waals surface area contributed by atoms with Crippen LogP contribution in [0.1, 0.15) is 27.0 Å². The fourth-order valence-corrected chi connectivity index (χ4v) is 3.71. The highest BCUT2D eigenvalue weighted by atomic mass is 16.5. The van der Waals surface area contributed by atoms with Gasteiger partial charge in [-0.1, -0.05) is 42.5 Å². The lowest BCUT2D eigenvalue weighted by atomic mass is 10.1. The third-order valence-corrected chi connectivity index (χ3v) is 5.48. The molecule has 1 amide bonds. The molecule has 3 aromatic carbocycles. The summed E-state index contributed by atoms with van der Waals surface area (Å²) in [5.74, 6) is -0.343. The SMILES string of the molecule is COC(=O)c1cccc(CNC(=O)C=CC(=N)c2cccc(Cn3c(N)nc4ccccc43)c2)c1. The standard InChI is InChI=1S/C27H25N5O3/c1-35-26(34)21-9-4-6-18(14-21)16-30-25(33)13-12-22(28)20-8-5-7-19(15-20)17-32-24-11-3-2-10-23(24)31-27(32)29/h2-15,28H,16-17H2,1H3,(H2,29,31)(H,30,33). The Bertz CT molecular complexity index is 1440. The number of nitrogens with zero attached hydrogens (tertiary/aromatic N) is 2. The Morgan fingerprint density at radius 2 is 1.71 bits per heavy atom. The van der Waals surface area contributed by atoms with Crippen molar-refractivity contribution in [3.05, 3.63) is 107 Å². The number of fused-ring (bicyclic) bond motifs is 1. The molecule has 176 valence electrons. The summed E-state index contributed by atoms with van der Waals surface area (Å²) in [6.07, 6.45) is 2.78. The summed E-state index contributed by atoms with van der Waals surface area (Å²) in [7, 11) is 1.32. The van der Waals surface area contributed by atoms with Gasteiger partial charge in [-0.15, -0.1) is 0 Å². The van der Waals surface area contributed by atoms with Crippen LogP contribution in [0.5, 0.6) is 0 Å². The molecule has 0 aliphatic rings. The number of anilines is 1. The number of carbonyl (C=O) groups excluding carboxylic acids is 2. The summed E-state index contributed by atoms with van der Waals surface area (Å²) >= 11 is 0. The number of imidazole rings is 1. The molecule has 0 aliphatic heterocycles. The number of benzene rings is 3. The maximum Gasteiger partial charge on any atom is 0.337 e. The van der Waals surface area contributed by atoms with E-state index in [9.17, 15) is 9.59 Å². The van der Waals surface area contributed by atoms with E-state index in [1.165, 1.54) is 19.3 Å². The van der Waals surface area contributed by atoms with Crippen molar-refractivity contribution in [2.45, 2.75) is 13.1 Å². The minimum absolute atomic E-state index is 0.207. The number of nitrogen functional groups attached to an aromatic ring is 1. The lowest BCUT2D eigenvalue weighted by Crippen LogP contribution is -2.20. The molecule has 4 rings (SSSR count). The van der Waals surface area contributed by atoms with Gasteiger partial charge in [-0.3, -0.25) is 4.79 Å². The van der Waals surface area contributed by atoms with Crippen molar-refractivity contribution in [1.29, 1.82) is 5.41 Å². The van der Waals surface area contributed by atoms with E-state index in [2.05, 4.69) is 10.3 Å². The van der Waals surface area contributed by atoms with Gasteiger partial charge in [0.25, 0.3) is 0 Å². The second-order valence-electron chi connectivity index (χ2n) is 7.90. The second kappa shape index (κ2) is 10.5. The molecule has 1 aromatic heterocycles. The van der Waals surface area contributed by atoms with Gasteiger partial charge in [0, 0.05) is 12.6 Å². The number of rotatable bonds is 8. The van der Waals surface area contributed by atoms with Gasteiger partial charge in [0.15, 0.2) is 0 Å². The highest BCUT2D eigenvalue weighted by Crippen LogP contribution is 2.19. The van der Waals surface area contributed by atoms with Gasteiger partial charge in [-0.05, 0) is 53.1 Å². The molecule has 0 unspecified atom stereocenters. The van der Waals surface area contributed by atoms with Crippen LogP contribution in [0.2, 0.25) is 0 Å². The first-order valence-electron chi connectivity index (χ1n) is 11.0. The van der Waals surface area contributed by atoms with Gasteiger partial charge >= 0.3 is 5.97 Å². The molecule has 0 saturated carbocycles. The molecule has 0 fully saturated rings. The zero-order valence-corrected chi connectivity index (χ0v) is 19.2. The topological polar surface area (TPSA) is 123 Å². The van der Waals surface area contributed by atoms with Gasteiger partial charge in [-0.25, -0.2) is 9.78 Å². The zero-order valence-electron chi connectivity index (χ0n) is 19.2. The number of allylic oxidation sites excluding steroid dienone is 1. The molecule has 35 heavy (non-hydrogen) atoms. The van der Waals surface area contributed by atoms with Crippen molar-refractivity contribution in [3.63, 3.8) is 0 Å². The molecule has 0 radical (unpaired) electrons. The predicted molar refractivity (Wildman–Crippen MR) is 135 cm³/mol. The van der Waals surface area contributed by atoms with E-state index in [1.807, 2.05) is 53.1 Å². The van der Waals surface area contributed by atoms with Crippen molar-refractivity contribution in [1.82, 2.24) is 14.9 Å². The van der Waals surface area contributed by atoms with E-state index in [0.717, 1.165) is 22.2 Å². The van der Waals surface area contributed by atoms with Gasteiger partial charge in [0.1, 0.15) is 0 Å². The van der Waals surface area contributed by atoms with Crippen LogP contribution < -0.4 is 11.1 Å². The molecule has 0 bridgehead atoms. The molecular weight excluding hydrogens is 442 g/mol. The minimum Gasteiger partial charge on any atom is -0.465 e. The Labute approximate surface area is 202 Å². The number of esters is 1. The van der Waals surface area contributed by atoms with E-state index in [0.29, 0.717) is 23.6 Å². The van der Waals surface area contributed by atoms with Crippen LogP contribution in [0.15, 0.2) is 84.9 Å². The highest BCUT2D eigenvalue weighted by Gasteiger charge is 2.09. The predicted octanol–water partition coefficient (Wildman–Crippen LogP) is 3.69. The van der Waals surface area contributed by atoms with Crippen LogP contribution in [-0.2, 0) is 22.6 Å².